The molecule has 0 aliphatic carbocycles. The smallest absolute Gasteiger partial charge is 0.410 e. The highest BCUT2D eigenvalue weighted by atomic mass is 19.1. The lowest BCUT2D eigenvalue weighted by molar-refractivity contribution is 0.101. The summed E-state index contributed by atoms with van der Waals surface area (Å²) in [6, 6.07) is 18.7. The molecule has 0 radical (unpaired) electrons. The standard InChI is InChI=1S/C14H18FNO2.C13H17FN2O2/c1-11-8-16(9-13(11)7-15)14(17)18-10-12-5-3-2-4-6-12;14-6-11-7-16(8-12(11)15)13(17)18-9-10-4-2-1-3-5-10/h2-6,11,13H,7-10H2,1H3;1-5,11-12H,6-9,15H2/t11-,13+;11-,12+/m10/s1. The van der Waals surface area contributed by atoms with E-state index in [0.29, 0.717) is 26.2 Å². The highest BCUT2D eigenvalue weighted by Crippen LogP contribution is 2.24. The molecule has 2 N–H and O–H groups in total. The lowest BCUT2D eigenvalue weighted by atomic mass is 10.0. The number of alkyl halides is 2. The molecule has 4 rings (SSSR count). The molecule has 0 spiro atoms. The Bertz CT molecular complexity index is 873. The number of hydrogen-bond acceptors (Lipinski definition) is 5. The van der Waals surface area contributed by atoms with Gasteiger partial charge in [-0.15, -0.1) is 0 Å². The van der Waals surface area contributed by atoms with Crippen LogP contribution in [-0.4, -0.2) is 67.6 Å². The Morgan fingerprint density at radius 2 is 1.22 bits per heavy atom. The maximum absolute atomic E-state index is 12.7. The Morgan fingerprint density at radius 3 is 1.64 bits per heavy atom. The molecule has 7 nitrogen and oxygen atoms in total. The van der Waals surface area contributed by atoms with Gasteiger partial charge in [0.25, 0.3) is 0 Å². The van der Waals surface area contributed by atoms with Crippen molar-refractivity contribution in [3.8, 4) is 0 Å². The van der Waals surface area contributed by atoms with Crippen molar-refractivity contribution in [2.75, 3.05) is 39.5 Å². The molecule has 9 heteroatoms. The number of amides is 2. The molecular formula is C27H35F2N3O4. The van der Waals surface area contributed by atoms with Crippen LogP contribution in [0.15, 0.2) is 60.7 Å². The second-order valence-corrected chi connectivity index (χ2v) is 9.36. The summed E-state index contributed by atoms with van der Waals surface area (Å²) in [5.74, 6) is -0.108. The maximum Gasteiger partial charge on any atom is 0.410 e. The number of benzene rings is 2. The number of carbonyl (C=O) groups is 2. The molecule has 2 aromatic rings. The fourth-order valence-electron chi connectivity index (χ4n) is 4.21. The van der Waals surface area contributed by atoms with Crippen molar-refractivity contribution in [2.45, 2.75) is 26.2 Å². The third kappa shape index (κ3) is 7.91. The molecule has 36 heavy (non-hydrogen) atoms. The summed E-state index contributed by atoms with van der Waals surface area (Å²) in [6.07, 6.45) is -0.771. The Kier molecular flexibility index (Phi) is 10.5. The Hall–Kier alpha value is -3.20. The van der Waals surface area contributed by atoms with Crippen LogP contribution in [-0.2, 0) is 22.7 Å². The fourth-order valence-corrected chi connectivity index (χ4v) is 4.21. The minimum Gasteiger partial charge on any atom is -0.445 e. The molecule has 2 saturated heterocycles. The van der Waals surface area contributed by atoms with E-state index >= 15 is 0 Å². The van der Waals surface area contributed by atoms with Crippen LogP contribution >= 0.6 is 0 Å². The first kappa shape index (κ1) is 27.4. The Labute approximate surface area is 211 Å². The van der Waals surface area contributed by atoms with Crippen LogP contribution in [0.2, 0.25) is 0 Å². The van der Waals surface area contributed by atoms with Crippen molar-refractivity contribution in [1.29, 1.82) is 0 Å². The lowest BCUT2D eigenvalue weighted by Gasteiger charge is -2.15. The van der Waals surface area contributed by atoms with Crippen LogP contribution in [0.5, 0.6) is 0 Å². The van der Waals surface area contributed by atoms with E-state index in [2.05, 4.69) is 0 Å². The molecule has 4 atom stereocenters. The van der Waals surface area contributed by atoms with Crippen molar-refractivity contribution in [3.05, 3.63) is 71.8 Å². The van der Waals surface area contributed by atoms with Gasteiger partial charge in [-0.05, 0) is 17.0 Å². The summed E-state index contributed by atoms with van der Waals surface area (Å²) in [5.41, 5.74) is 7.62. The average molecular weight is 504 g/mol. The van der Waals surface area contributed by atoms with Crippen LogP contribution in [0.3, 0.4) is 0 Å². The summed E-state index contributed by atoms with van der Waals surface area (Å²) < 4.78 is 35.6. The quantitative estimate of drug-likeness (QED) is 0.631. The topological polar surface area (TPSA) is 85.1 Å². The van der Waals surface area contributed by atoms with Gasteiger partial charge in [0.1, 0.15) is 13.2 Å². The molecule has 0 bridgehead atoms. The first-order valence-corrected chi connectivity index (χ1v) is 12.2. The molecule has 2 fully saturated rings. The number of rotatable bonds is 6. The van der Waals surface area contributed by atoms with Gasteiger partial charge in [-0.3, -0.25) is 8.78 Å². The molecule has 196 valence electrons. The van der Waals surface area contributed by atoms with Gasteiger partial charge in [0.2, 0.25) is 0 Å². The van der Waals surface area contributed by atoms with Crippen LogP contribution < -0.4 is 5.73 Å². The van der Waals surface area contributed by atoms with Crippen molar-refractivity contribution >= 4 is 12.2 Å². The van der Waals surface area contributed by atoms with Crippen LogP contribution in [0.25, 0.3) is 0 Å². The van der Waals surface area contributed by atoms with E-state index < -0.39 is 12.8 Å². The van der Waals surface area contributed by atoms with E-state index in [0.717, 1.165) is 11.1 Å². The molecule has 2 aliphatic rings. The molecule has 2 heterocycles. The van der Waals surface area contributed by atoms with Gasteiger partial charge in [-0.2, -0.15) is 0 Å². The van der Waals surface area contributed by atoms with Crippen molar-refractivity contribution in [1.82, 2.24) is 9.80 Å². The lowest BCUT2D eigenvalue weighted by Crippen LogP contribution is -2.32. The minimum atomic E-state index is -0.496. The van der Waals surface area contributed by atoms with E-state index in [-0.39, 0.29) is 49.8 Å². The van der Waals surface area contributed by atoms with E-state index in [4.69, 9.17) is 15.2 Å². The first-order valence-electron chi connectivity index (χ1n) is 12.2. The SMILES string of the molecule is C[C@@H]1CN(C(=O)OCc2ccccc2)C[C@@H]1CF.N[C@@H]1CN(C(=O)OCc2ccccc2)C[C@@H]1CF. The Morgan fingerprint density at radius 1 is 0.778 bits per heavy atom. The second kappa shape index (κ2) is 13.8. The van der Waals surface area contributed by atoms with Gasteiger partial charge < -0.3 is 25.0 Å². The van der Waals surface area contributed by atoms with Gasteiger partial charge in [-0.25, -0.2) is 9.59 Å². The van der Waals surface area contributed by atoms with E-state index in [9.17, 15) is 18.4 Å². The maximum atomic E-state index is 12.7. The highest BCUT2D eigenvalue weighted by molar-refractivity contribution is 5.68. The highest BCUT2D eigenvalue weighted by Gasteiger charge is 2.34. The van der Waals surface area contributed by atoms with Gasteiger partial charge in [-0.1, -0.05) is 67.6 Å². The monoisotopic (exact) mass is 503 g/mol. The van der Waals surface area contributed by atoms with Crippen molar-refractivity contribution in [2.24, 2.45) is 23.5 Å². The van der Waals surface area contributed by atoms with Crippen molar-refractivity contribution in [3.63, 3.8) is 0 Å². The van der Waals surface area contributed by atoms with Gasteiger partial charge >= 0.3 is 12.2 Å². The zero-order valence-electron chi connectivity index (χ0n) is 20.6. The molecule has 0 aromatic heterocycles. The largest absolute Gasteiger partial charge is 0.445 e. The summed E-state index contributed by atoms with van der Waals surface area (Å²) in [5, 5.41) is 0. The summed E-state index contributed by atoms with van der Waals surface area (Å²) in [7, 11) is 0. The molecule has 2 aliphatic heterocycles. The number of ether oxygens (including phenoxy) is 2. The summed E-state index contributed by atoms with van der Waals surface area (Å²) in [6.45, 7) is 3.35. The molecule has 0 saturated carbocycles. The van der Waals surface area contributed by atoms with Crippen molar-refractivity contribution < 1.29 is 27.8 Å². The minimum absolute atomic E-state index is 0.0470. The van der Waals surface area contributed by atoms with E-state index in [1.165, 1.54) is 4.90 Å². The zero-order chi connectivity index (χ0) is 25.9. The fraction of sp³-hybridized carbons (Fsp3) is 0.481. The average Bonchev–Trinajstić information content (AvgIpc) is 3.49. The third-order valence-corrected chi connectivity index (χ3v) is 6.58. The van der Waals surface area contributed by atoms with Gasteiger partial charge in [0.05, 0.1) is 13.3 Å². The Balaban J connectivity index is 0.000000201. The zero-order valence-corrected chi connectivity index (χ0v) is 20.6. The molecule has 2 aromatic carbocycles. The molecule has 0 unspecified atom stereocenters. The normalized spacial score (nSPS) is 23.1. The van der Waals surface area contributed by atoms with E-state index in [1.807, 2.05) is 67.6 Å². The second-order valence-electron chi connectivity index (χ2n) is 9.36. The molecule has 2 amide bonds. The van der Waals surface area contributed by atoms with E-state index in [1.54, 1.807) is 4.90 Å². The number of halogens is 2. The number of nitrogens with zero attached hydrogens (tertiary/aromatic N) is 2. The third-order valence-electron chi connectivity index (χ3n) is 6.58. The van der Waals surface area contributed by atoms with Crippen LogP contribution in [0, 0.1) is 17.8 Å². The number of carbonyl (C=O) groups excluding carboxylic acids is 2. The van der Waals surface area contributed by atoms with Crippen LogP contribution in [0.4, 0.5) is 18.4 Å². The summed E-state index contributed by atoms with van der Waals surface area (Å²) >= 11 is 0. The molecular weight excluding hydrogens is 468 g/mol. The predicted molar refractivity (Wildman–Crippen MR) is 132 cm³/mol. The first-order chi connectivity index (χ1) is 17.4. The number of likely N-dealkylation sites (tertiary alicyclic amines) is 2. The number of hydrogen-bond donors (Lipinski definition) is 1. The predicted octanol–water partition coefficient (Wildman–Crippen LogP) is 4.41. The van der Waals surface area contributed by atoms with Crippen LogP contribution in [0.1, 0.15) is 18.1 Å². The summed E-state index contributed by atoms with van der Waals surface area (Å²) in [4.78, 5) is 26.6. The number of nitrogens with two attached hydrogens (primary N) is 1. The van der Waals surface area contributed by atoms with Gasteiger partial charge in [0.15, 0.2) is 0 Å². The van der Waals surface area contributed by atoms with Gasteiger partial charge in [0, 0.05) is 44.1 Å².